The van der Waals surface area contributed by atoms with Crippen LogP contribution >= 0.6 is 0 Å². The fourth-order valence-corrected chi connectivity index (χ4v) is 2.04. The monoisotopic (exact) mass is 292 g/mol. The summed E-state index contributed by atoms with van der Waals surface area (Å²) in [5, 5.41) is 6.26. The molecule has 3 N–H and O–H groups in total. The van der Waals surface area contributed by atoms with Gasteiger partial charge in [-0.3, -0.25) is 4.99 Å². The lowest BCUT2D eigenvalue weighted by atomic mass is 10.1. The molecule has 0 aliphatic rings. The normalized spacial score (nSPS) is 12.8. The van der Waals surface area contributed by atoms with Crippen LogP contribution < -0.4 is 15.4 Å². The largest absolute Gasteiger partial charge is 0.356 e. The third-order valence-electron chi connectivity index (χ3n) is 2.59. The number of rotatable bonds is 9. The van der Waals surface area contributed by atoms with Gasteiger partial charge in [0.25, 0.3) is 0 Å². The minimum Gasteiger partial charge on any atom is -0.356 e. The molecule has 0 aromatic carbocycles. The van der Waals surface area contributed by atoms with E-state index in [0.29, 0.717) is 25.0 Å². The lowest BCUT2D eigenvalue weighted by Crippen LogP contribution is -2.42. The number of hydrogen-bond donors (Lipinski definition) is 3. The molecule has 0 fully saturated rings. The number of guanidine groups is 1. The van der Waals surface area contributed by atoms with E-state index >= 15 is 0 Å². The van der Waals surface area contributed by atoms with Crippen molar-refractivity contribution >= 4 is 16.0 Å². The molecule has 19 heavy (non-hydrogen) atoms. The molecule has 6 nitrogen and oxygen atoms in total. The summed E-state index contributed by atoms with van der Waals surface area (Å²) < 4.78 is 24.9. The van der Waals surface area contributed by atoms with Crippen molar-refractivity contribution in [3.05, 3.63) is 0 Å². The molecule has 7 heteroatoms. The Morgan fingerprint density at radius 3 is 2.32 bits per heavy atom. The summed E-state index contributed by atoms with van der Waals surface area (Å²) in [7, 11) is -1.40. The van der Waals surface area contributed by atoms with Crippen LogP contribution in [0.2, 0.25) is 0 Å². The highest BCUT2D eigenvalue weighted by molar-refractivity contribution is 7.89. The Morgan fingerprint density at radius 2 is 1.79 bits per heavy atom. The first-order chi connectivity index (χ1) is 8.91. The first-order valence-corrected chi connectivity index (χ1v) is 8.48. The Morgan fingerprint density at radius 1 is 1.16 bits per heavy atom. The van der Waals surface area contributed by atoms with Gasteiger partial charge < -0.3 is 10.6 Å². The van der Waals surface area contributed by atoms with Crippen molar-refractivity contribution in [3.63, 3.8) is 0 Å². The van der Waals surface area contributed by atoms with Gasteiger partial charge >= 0.3 is 0 Å². The Bertz CT molecular complexity index is 353. The van der Waals surface area contributed by atoms with Gasteiger partial charge in [0, 0.05) is 26.7 Å². The fraction of sp³-hybridized carbons (Fsp3) is 0.917. The van der Waals surface area contributed by atoms with Crippen LogP contribution in [0.5, 0.6) is 0 Å². The van der Waals surface area contributed by atoms with Gasteiger partial charge in [-0.25, -0.2) is 13.1 Å². The van der Waals surface area contributed by atoms with Crippen LogP contribution in [0, 0.1) is 5.92 Å². The van der Waals surface area contributed by atoms with E-state index in [4.69, 9.17) is 0 Å². The molecule has 0 aromatic rings. The second-order valence-corrected chi connectivity index (χ2v) is 6.86. The van der Waals surface area contributed by atoms with Gasteiger partial charge in [0.05, 0.1) is 5.75 Å². The Kier molecular flexibility index (Phi) is 9.59. The van der Waals surface area contributed by atoms with Gasteiger partial charge in [-0.15, -0.1) is 0 Å². The minimum absolute atomic E-state index is 0.106. The molecule has 0 aliphatic carbocycles. The van der Waals surface area contributed by atoms with Gasteiger partial charge in [-0.05, 0) is 25.7 Å². The van der Waals surface area contributed by atoms with Crippen LogP contribution in [0.1, 0.15) is 33.6 Å². The molecule has 0 heterocycles. The van der Waals surface area contributed by atoms with Crippen molar-refractivity contribution in [1.82, 2.24) is 15.4 Å². The quantitative estimate of drug-likeness (QED) is 0.329. The Balaban J connectivity index is 3.72. The Hall–Kier alpha value is -0.820. The first-order valence-electron chi connectivity index (χ1n) is 6.83. The van der Waals surface area contributed by atoms with Crippen molar-refractivity contribution in [2.45, 2.75) is 33.6 Å². The van der Waals surface area contributed by atoms with Crippen LogP contribution in [-0.2, 0) is 10.0 Å². The second kappa shape index (κ2) is 10.0. The van der Waals surface area contributed by atoms with E-state index in [1.165, 1.54) is 6.42 Å². The summed E-state index contributed by atoms with van der Waals surface area (Å²) in [6.45, 7) is 7.77. The summed E-state index contributed by atoms with van der Waals surface area (Å²) in [6, 6.07) is 0. The van der Waals surface area contributed by atoms with E-state index in [1.807, 2.05) is 0 Å². The average molecular weight is 292 g/mol. The maximum atomic E-state index is 11.2. The van der Waals surface area contributed by atoms with Crippen LogP contribution in [0.3, 0.4) is 0 Å². The van der Waals surface area contributed by atoms with Crippen molar-refractivity contribution in [3.8, 4) is 0 Å². The molecule has 0 aromatic heterocycles. The predicted octanol–water partition coefficient (Wildman–Crippen LogP) is 0.527. The van der Waals surface area contributed by atoms with Crippen LogP contribution in [0.25, 0.3) is 0 Å². The molecule has 0 radical (unpaired) electrons. The number of hydrogen-bond acceptors (Lipinski definition) is 3. The minimum atomic E-state index is -3.10. The lowest BCUT2D eigenvalue weighted by molar-refractivity contribution is 0.549. The molecule has 0 saturated carbocycles. The smallest absolute Gasteiger partial charge is 0.211 e. The first kappa shape index (κ1) is 18.2. The highest BCUT2D eigenvalue weighted by Gasteiger charge is 2.04. The third kappa shape index (κ3) is 10.8. The zero-order valence-electron chi connectivity index (χ0n) is 12.5. The van der Waals surface area contributed by atoms with Crippen LogP contribution in [-0.4, -0.2) is 46.8 Å². The van der Waals surface area contributed by atoms with E-state index in [2.05, 4.69) is 34.2 Å². The van der Waals surface area contributed by atoms with E-state index in [9.17, 15) is 8.42 Å². The molecule has 0 saturated heterocycles. The van der Waals surface area contributed by atoms with Crippen molar-refractivity contribution in [1.29, 1.82) is 0 Å². The molecular weight excluding hydrogens is 264 g/mol. The van der Waals surface area contributed by atoms with Crippen molar-refractivity contribution in [2.75, 3.05) is 32.4 Å². The maximum absolute atomic E-state index is 11.2. The van der Waals surface area contributed by atoms with Gasteiger partial charge in [0.2, 0.25) is 10.0 Å². The zero-order valence-corrected chi connectivity index (χ0v) is 13.3. The lowest BCUT2D eigenvalue weighted by Gasteiger charge is -2.12. The summed E-state index contributed by atoms with van der Waals surface area (Å²) in [5.41, 5.74) is 0. The predicted molar refractivity (Wildman–Crippen MR) is 80.9 cm³/mol. The van der Waals surface area contributed by atoms with Gasteiger partial charge in [-0.2, -0.15) is 0 Å². The summed E-state index contributed by atoms with van der Waals surface area (Å²) in [6.07, 6.45) is 2.28. The number of sulfonamides is 1. The standard InChI is InChI=1S/C12H28N4O2S/c1-5-19(17,18)16-10-9-15-12(13-4)14-8-6-7-11(2)3/h11,16H,5-10H2,1-4H3,(H2,13,14,15). The molecule has 0 aliphatic heterocycles. The fourth-order valence-electron chi connectivity index (χ4n) is 1.43. The molecule has 0 rings (SSSR count). The maximum Gasteiger partial charge on any atom is 0.211 e. The molecule has 0 atom stereocenters. The Labute approximate surface area is 117 Å². The molecule has 0 bridgehead atoms. The zero-order chi connectivity index (χ0) is 14.7. The van der Waals surface area contributed by atoms with Crippen molar-refractivity contribution < 1.29 is 8.42 Å². The highest BCUT2D eigenvalue weighted by Crippen LogP contribution is 2.01. The SMILES string of the molecule is CCS(=O)(=O)NCCNC(=NC)NCCCC(C)C. The topological polar surface area (TPSA) is 82.6 Å². The average Bonchev–Trinajstić information content (AvgIpc) is 2.36. The van der Waals surface area contributed by atoms with Gasteiger partial charge in [0.1, 0.15) is 0 Å². The van der Waals surface area contributed by atoms with E-state index in [-0.39, 0.29) is 5.75 Å². The number of nitrogens with one attached hydrogen (secondary N) is 3. The number of nitrogens with zero attached hydrogens (tertiary/aromatic N) is 1. The molecule has 0 spiro atoms. The van der Waals surface area contributed by atoms with E-state index in [0.717, 1.165) is 13.0 Å². The van der Waals surface area contributed by atoms with Gasteiger partial charge in [-0.1, -0.05) is 13.8 Å². The van der Waals surface area contributed by atoms with Gasteiger partial charge in [0.15, 0.2) is 5.96 Å². The summed E-state index contributed by atoms with van der Waals surface area (Å²) >= 11 is 0. The second-order valence-electron chi connectivity index (χ2n) is 4.76. The summed E-state index contributed by atoms with van der Waals surface area (Å²) in [5.74, 6) is 1.52. The molecular formula is C12H28N4O2S. The molecule has 0 unspecified atom stereocenters. The molecule has 0 amide bonds. The number of aliphatic imine (C=N–C) groups is 1. The highest BCUT2D eigenvalue weighted by atomic mass is 32.2. The van der Waals surface area contributed by atoms with E-state index < -0.39 is 10.0 Å². The van der Waals surface area contributed by atoms with Crippen LogP contribution in [0.15, 0.2) is 4.99 Å². The van der Waals surface area contributed by atoms with E-state index in [1.54, 1.807) is 14.0 Å². The summed E-state index contributed by atoms with van der Waals surface area (Å²) in [4.78, 5) is 4.08. The van der Waals surface area contributed by atoms with Crippen molar-refractivity contribution in [2.24, 2.45) is 10.9 Å². The van der Waals surface area contributed by atoms with Crippen LogP contribution in [0.4, 0.5) is 0 Å². The molecule has 114 valence electrons. The third-order valence-corrected chi connectivity index (χ3v) is 4.00.